The minimum absolute atomic E-state index is 0.212. The summed E-state index contributed by atoms with van der Waals surface area (Å²) in [5.74, 6) is 1.66. The minimum Gasteiger partial charge on any atom is -0.355 e. The van der Waals surface area contributed by atoms with Crippen LogP contribution in [0.5, 0.6) is 0 Å². The number of hydrogen-bond donors (Lipinski definition) is 0. The highest BCUT2D eigenvalue weighted by molar-refractivity contribution is 7.21. The van der Waals surface area contributed by atoms with Crippen molar-refractivity contribution >= 4 is 33.1 Å². The normalized spacial score (nSPS) is 20.6. The number of likely N-dealkylation sites (N-methyl/N-ethyl adjacent to an activating group) is 1. The maximum absolute atomic E-state index is 13.7. The highest BCUT2D eigenvalue weighted by Gasteiger charge is 2.31. The quantitative estimate of drug-likeness (QED) is 0.640. The number of fused-ring (bicyclic) bond motifs is 1. The van der Waals surface area contributed by atoms with Crippen LogP contribution in [0.25, 0.3) is 10.1 Å². The van der Waals surface area contributed by atoms with E-state index < -0.39 is 0 Å². The van der Waals surface area contributed by atoms with Crippen molar-refractivity contribution in [1.82, 2.24) is 14.8 Å². The molecule has 5 rings (SSSR count). The highest BCUT2D eigenvalue weighted by atomic mass is 32.1. The van der Waals surface area contributed by atoms with Crippen molar-refractivity contribution in [3.63, 3.8) is 0 Å². The molecule has 4 heterocycles. The molecular weight excluding hydrogens is 392 g/mol. The molecule has 2 aliphatic rings. The van der Waals surface area contributed by atoms with Crippen LogP contribution < -0.4 is 4.90 Å². The zero-order valence-electron chi connectivity index (χ0n) is 17.5. The third kappa shape index (κ3) is 3.70. The number of anilines is 1. The van der Waals surface area contributed by atoms with Crippen LogP contribution in [0.3, 0.4) is 0 Å². The molecule has 2 saturated heterocycles. The lowest BCUT2D eigenvalue weighted by molar-refractivity contribution is 0.0770. The molecule has 1 atom stereocenters. The Balaban J connectivity index is 1.42. The maximum atomic E-state index is 13.7. The number of carbonyl (C=O) groups excluding carboxylic acids is 1. The molecule has 1 aromatic carbocycles. The predicted molar refractivity (Wildman–Crippen MR) is 124 cm³/mol. The first-order chi connectivity index (χ1) is 14.7. The Morgan fingerprint density at radius 3 is 2.70 bits per heavy atom. The van der Waals surface area contributed by atoms with Gasteiger partial charge >= 0.3 is 0 Å². The van der Waals surface area contributed by atoms with Gasteiger partial charge in [0.15, 0.2) is 0 Å². The van der Waals surface area contributed by atoms with E-state index in [9.17, 15) is 4.79 Å². The number of aromatic nitrogens is 1. The number of pyridine rings is 1. The summed E-state index contributed by atoms with van der Waals surface area (Å²) < 4.78 is 1.23. The summed E-state index contributed by atoms with van der Waals surface area (Å²) in [6.45, 7) is 5.45. The molecule has 156 valence electrons. The summed E-state index contributed by atoms with van der Waals surface area (Å²) in [7, 11) is 2.18. The molecule has 0 spiro atoms. The fourth-order valence-electron chi connectivity index (χ4n) is 4.83. The Kier molecular flexibility index (Phi) is 5.44. The Hall–Kier alpha value is -2.44. The summed E-state index contributed by atoms with van der Waals surface area (Å²) in [6, 6.07) is 14.6. The number of nitrogens with zero attached hydrogens (tertiary/aromatic N) is 4. The molecule has 0 aliphatic carbocycles. The second-order valence-electron chi connectivity index (χ2n) is 8.41. The fourth-order valence-corrected chi connectivity index (χ4v) is 6.09. The predicted octanol–water partition coefficient (Wildman–Crippen LogP) is 4.07. The second-order valence-corrected chi connectivity index (χ2v) is 9.46. The molecule has 2 fully saturated rings. The van der Waals surface area contributed by atoms with Crippen LogP contribution in [-0.2, 0) is 0 Å². The van der Waals surface area contributed by atoms with Gasteiger partial charge in [-0.15, -0.1) is 11.3 Å². The van der Waals surface area contributed by atoms with Gasteiger partial charge in [-0.3, -0.25) is 4.79 Å². The van der Waals surface area contributed by atoms with Gasteiger partial charge in [0.1, 0.15) is 5.82 Å². The molecular formula is C24H28N4OS. The van der Waals surface area contributed by atoms with Gasteiger partial charge in [0, 0.05) is 49.5 Å². The number of rotatable bonds is 3. The lowest BCUT2D eigenvalue weighted by Gasteiger charge is -2.23. The molecule has 0 bridgehead atoms. The van der Waals surface area contributed by atoms with Crippen LogP contribution in [0.2, 0.25) is 0 Å². The molecule has 0 saturated carbocycles. The number of amides is 1. The first-order valence-corrected chi connectivity index (χ1v) is 11.7. The summed E-state index contributed by atoms with van der Waals surface area (Å²) in [4.78, 5) is 25.9. The van der Waals surface area contributed by atoms with E-state index >= 15 is 0 Å². The molecule has 2 aromatic heterocycles. The number of likely N-dealkylation sites (tertiary alicyclic amines) is 1. The molecule has 1 amide bonds. The van der Waals surface area contributed by atoms with Crippen molar-refractivity contribution in [1.29, 1.82) is 0 Å². The molecule has 2 aliphatic heterocycles. The summed E-state index contributed by atoms with van der Waals surface area (Å²) in [6.07, 6.45) is 3.94. The van der Waals surface area contributed by atoms with Crippen LogP contribution in [0.1, 0.15) is 34.0 Å². The first-order valence-electron chi connectivity index (χ1n) is 10.9. The van der Waals surface area contributed by atoms with E-state index in [1.807, 2.05) is 18.3 Å². The highest BCUT2D eigenvalue weighted by Crippen LogP contribution is 2.40. The van der Waals surface area contributed by atoms with Crippen LogP contribution >= 0.6 is 11.3 Å². The molecule has 0 radical (unpaired) electrons. The molecule has 3 aromatic rings. The van der Waals surface area contributed by atoms with Crippen molar-refractivity contribution in [2.45, 2.75) is 18.8 Å². The van der Waals surface area contributed by atoms with Gasteiger partial charge in [-0.2, -0.15) is 0 Å². The largest absolute Gasteiger partial charge is 0.355 e. The van der Waals surface area contributed by atoms with E-state index in [1.165, 1.54) is 15.6 Å². The standard InChI is InChI=1S/C24H28N4OS/c1-26-14-10-18(17-26)22-19-7-2-3-8-20(19)30-23(22)24(29)28-13-6-12-27(15-16-28)21-9-4-5-11-25-21/h2-5,7-9,11,18H,6,10,12-17H2,1H3/t18-/m1/s1. The van der Waals surface area contributed by atoms with Gasteiger partial charge in [-0.05, 0) is 55.6 Å². The summed E-state index contributed by atoms with van der Waals surface area (Å²) in [5, 5.41) is 1.27. The van der Waals surface area contributed by atoms with E-state index in [0.717, 1.165) is 62.8 Å². The van der Waals surface area contributed by atoms with E-state index in [1.54, 1.807) is 11.3 Å². The molecule has 0 unspecified atom stereocenters. The lowest BCUT2D eigenvalue weighted by Crippen LogP contribution is -2.35. The fraction of sp³-hybridized carbons (Fsp3) is 0.417. The lowest BCUT2D eigenvalue weighted by atomic mass is 9.95. The van der Waals surface area contributed by atoms with E-state index in [4.69, 9.17) is 0 Å². The smallest absolute Gasteiger partial charge is 0.264 e. The Morgan fingerprint density at radius 1 is 1.03 bits per heavy atom. The van der Waals surface area contributed by atoms with Crippen molar-refractivity contribution < 1.29 is 4.79 Å². The monoisotopic (exact) mass is 420 g/mol. The van der Waals surface area contributed by atoms with Gasteiger partial charge < -0.3 is 14.7 Å². The van der Waals surface area contributed by atoms with Crippen LogP contribution in [0.4, 0.5) is 5.82 Å². The van der Waals surface area contributed by atoms with Gasteiger partial charge in [0.25, 0.3) is 5.91 Å². The van der Waals surface area contributed by atoms with Gasteiger partial charge in [0.05, 0.1) is 4.88 Å². The Morgan fingerprint density at radius 2 is 1.90 bits per heavy atom. The van der Waals surface area contributed by atoms with Gasteiger partial charge in [-0.25, -0.2) is 4.98 Å². The van der Waals surface area contributed by atoms with Crippen LogP contribution in [0.15, 0.2) is 48.7 Å². The number of carbonyl (C=O) groups is 1. The number of thiophene rings is 1. The molecule has 6 heteroatoms. The Labute approximate surface area is 181 Å². The average Bonchev–Trinajstić information content (AvgIpc) is 3.28. The zero-order chi connectivity index (χ0) is 20.5. The van der Waals surface area contributed by atoms with E-state index in [0.29, 0.717) is 5.92 Å². The van der Waals surface area contributed by atoms with Crippen LogP contribution in [0, 0.1) is 0 Å². The summed E-state index contributed by atoms with van der Waals surface area (Å²) in [5.41, 5.74) is 1.29. The third-order valence-corrected chi connectivity index (χ3v) is 7.56. The SMILES string of the molecule is CN1CC[C@@H](c2c(C(=O)N3CCCN(c4ccccn4)CC3)sc3ccccc23)C1. The molecule has 5 nitrogen and oxygen atoms in total. The van der Waals surface area contributed by atoms with Crippen molar-refractivity contribution in [3.05, 3.63) is 59.1 Å². The third-order valence-electron chi connectivity index (χ3n) is 6.38. The average molecular weight is 421 g/mol. The summed E-state index contributed by atoms with van der Waals surface area (Å²) >= 11 is 1.68. The Bertz CT molecular complexity index is 1030. The van der Waals surface area contributed by atoms with Gasteiger partial charge in [-0.1, -0.05) is 24.3 Å². The van der Waals surface area contributed by atoms with Crippen molar-refractivity contribution in [2.24, 2.45) is 0 Å². The van der Waals surface area contributed by atoms with Gasteiger partial charge in [0.2, 0.25) is 0 Å². The maximum Gasteiger partial charge on any atom is 0.264 e. The van der Waals surface area contributed by atoms with E-state index in [-0.39, 0.29) is 5.91 Å². The first kappa shape index (κ1) is 19.5. The van der Waals surface area contributed by atoms with Crippen LogP contribution in [-0.4, -0.2) is 67.0 Å². The number of benzene rings is 1. The van der Waals surface area contributed by atoms with Crippen molar-refractivity contribution in [2.75, 3.05) is 51.2 Å². The second kappa shape index (κ2) is 8.36. The molecule has 0 N–H and O–H groups in total. The topological polar surface area (TPSA) is 39.7 Å². The minimum atomic E-state index is 0.212. The number of hydrogen-bond acceptors (Lipinski definition) is 5. The zero-order valence-corrected chi connectivity index (χ0v) is 18.3. The molecule has 30 heavy (non-hydrogen) atoms. The van der Waals surface area contributed by atoms with E-state index in [2.05, 4.69) is 57.1 Å². The van der Waals surface area contributed by atoms with Crippen molar-refractivity contribution in [3.8, 4) is 0 Å².